The zero-order valence-corrected chi connectivity index (χ0v) is 15.1. The molecule has 0 N–H and O–H groups in total. The van der Waals surface area contributed by atoms with Gasteiger partial charge in [0.25, 0.3) is 0 Å². The van der Waals surface area contributed by atoms with E-state index in [9.17, 15) is 4.39 Å². The Labute approximate surface area is 148 Å². The van der Waals surface area contributed by atoms with Crippen LogP contribution in [0, 0.1) is 12.7 Å². The van der Waals surface area contributed by atoms with Crippen LogP contribution >= 0.6 is 0 Å². The van der Waals surface area contributed by atoms with Crippen LogP contribution in [-0.2, 0) is 0 Å². The van der Waals surface area contributed by atoms with Gasteiger partial charge < -0.3 is 0 Å². The fourth-order valence-corrected chi connectivity index (χ4v) is 4.07. The molecular formula is C21H22FNSi. The zero-order chi connectivity index (χ0) is 19.8. The van der Waals surface area contributed by atoms with Crippen molar-refractivity contribution in [2.75, 3.05) is 0 Å². The molecule has 0 unspecified atom stereocenters. The zero-order valence-electron chi connectivity index (χ0n) is 17.1. The van der Waals surface area contributed by atoms with E-state index in [1.165, 1.54) is 6.07 Å². The Balaban J connectivity index is 2.15. The molecule has 0 amide bonds. The van der Waals surface area contributed by atoms with Crippen molar-refractivity contribution in [2.45, 2.75) is 26.5 Å². The minimum absolute atomic E-state index is 0.320. The molecule has 24 heavy (non-hydrogen) atoms. The Morgan fingerprint density at radius 3 is 2.38 bits per heavy atom. The summed E-state index contributed by atoms with van der Waals surface area (Å²) in [6, 6.07) is 15.7. The molecule has 0 spiro atoms. The molecule has 1 nitrogen and oxygen atoms in total. The standard InChI is InChI=1S/C21H22FNSi/c1-15-12-20(23-14-21(15)24(2,3)4)17-10-11-19(22)18(13-17)16-8-6-5-7-9-16/h5-14H,1-4H3/i1D3. The Bertz CT molecular complexity index is 963. The van der Waals surface area contributed by atoms with Crippen LogP contribution in [0.5, 0.6) is 0 Å². The molecule has 0 aliphatic carbocycles. The third-order valence-electron chi connectivity index (χ3n) is 4.06. The summed E-state index contributed by atoms with van der Waals surface area (Å²) in [7, 11) is -1.87. The van der Waals surface area contributed by atoms with E-state index in [-0.39, 0.29) is 5.82 Å². The van der Waals surface area contributed by atoms with E-state index in [0.717, 1.165) is 10.8 Å². The highest BCUT2D eigenvalue weighted by Gasteiger charge is 2.19. The molecule has 3 rings (SSSR count). The normalized spacial score (nSPS) is 13.9. The molecular weight excluding hydrogens is 313 g/mol. The second-order valence-corrected chi connectivity index (χ2v) is 12.0. The minimum Gasteiger partial charge on any atom is -0.256 e. The van der Waals surface area contributed by atoms with E-state index in [0.29, 0.717) is 22.4 Å². The predicted octanol–water partition coefficient (Wildman–Crippen LogP) is 5.41. The topological polar surface area (TPSA) is 12.9 Å². The maximum atomic E-state index is 14.4. The summed E-state index contributed by atoms with van der Waals surface area (Å²) in [6.07, 6.45) is 1.69. The van der Waals surface area contributed by atoms with Crippen molar-refractivity contribution in [3.05, 3.63) is 72.2 Å². The number of hydrogen-bond acceptors (Lipinski definition) is 1. The number of hydrogen-bond donors (Lipinski definition) is 0. The van der Waals surface area contributed by atoms with Crippen molar-refractivity contribution in [3.63, 3.8) is 0 Å². The quantitative estimate of drug-likeness (QED) is 0.582. The number of pyridine rings is 1. The van der Waals surface area contributed by atoms with Crippen LogP contribution in [0.1, 0.15) is 9.68 Å². The molecule has 0 bridgehead atoms. The fraction of sp³-hybridized carbons (Fsp3) is 0.190. The third kappa shape index (κ3) is 3.31. The molecule has 0 saturated heterocycles. The molecule has 0 radical (unpaired) electrons. The lowest BCUT2D eigenvalue weighted by molar-refractivity contribution is 0.631. The van der Waals surface area contributed by atoms with E-state index in [2.05, 4.69) is 24.6 Å². The number of aromatic nitrogens is 1. The largest absolute Gasteiger partial charge is 0.256 e. The van der Waals surface area contributed by atoms with Gasteiger partial charge in [0, 0.05) is 21.4 Å². The first kappa shape index (κ1) is 13.1. The summed E-state index contributed by atoms with van der Waals surface area (Å²) in [6.45, 7) is 4.09. The molecule has 3 aromatic rings. The SMILES string of the molecule is [2H]C([2H])([2H])c1cc(-c2ccc(F)c(-c3ccccc3)c2)ncc1[Si](C)(C)C. The molecule has 3 heteroatoms. The van der Waals surface area contributed by atoms with Crippen LogP contribution < -0.4 is 5.19 Å². The maximum Gasteiger partial charge on any atom is 0.131 e. The lowest BCUT2D eigenvalue weighted by Gasteiger charge is -2.19. The number of halogens is 1. The van der Waals surface area contributed by atoms with Gasteiger partial charge in [-0.15, -0.1) is 0 Å². The summed E-state index contributed by atoms with van der Waals surface area (Å²) < 4.78 is 38.1. The Morgan fingerprint density at radius 2 is 1.71 bits per heavy atom. The average molecular weight is 339 g/mol. The van der Waals surface area contributed by atoms with E-state index in [4.69, 9.17) is 4.11 Å². The molecule has 2 aromatic carbocycles. The highest BCUT2D eigenvalue weighted by Crippen LogP contribution is 2.28. The summed E-state index contributed by atoms with van der Waals surface area (Å²) in [4.78, 5) is 4.52. The van der Waals surface area contributed by atoms with Crippen LogP contribution in [0.3, 0.4) is 0 Å². The van der Waals surface area contributed by atoms with Gasteiger partial charge in [-0.1, -0.05) is 50.0 Å². The first-order valence-electron chi connectivity index (χ1n) is 9.44. The van der Waals surface area contributed by atoms with E-state index in [1.807, 2.05) is 30.3 Å². The van der Waals surface area contributed by atoms with E-state index < -0.39 is 14.9 Å². The summed E-state index contributed by atoms with van der Waals surface area (Å²) in [5, 5.41) is 0.830. The maximum absolute atomic E-state index is 14.4. The van der Waals surface area contributed by atoms with E-state index in [1.54, 1.807) is 24.4 Å². The molecule has 122 valence electrons. The summed E-state index contributed by atoms with van der Waals surface area (Å²) in [5.74, 6) is -0.320. The average Bonchev–Trinajstić information content (AvgIpc) is 2.61. The van der Waals surface area contributed by atoms with Gasteiger partial charge in [0.15, 0.2) is 0 Å². The van der Waals surface area contributed by atoms with Crippen molar-refractivity contribution in [2.24, 2.45) is 0 Å². The monoisotopic (exact) mass is 338 g/mol. The Kier molecular flexibility index (Phi) is 3.45. The van der Waals surface area contributed by atoms with Crippen LogP contribution in [0.2, 0.25) is 19.6 Å². The predicted molar refractivity (Wildman–Crippen MR) is 103 cm³/mol. The lowest BCUT2D eigenvalue weighted by Crippen LogP contribution is -2.39. The van der Waals surface area contributed by atoms with Crippen LogP contribution in [0.25, 0.3) is 22.4 Å². The Morgan fingerprint density at radius 1 is 0.958 bits per heavy atom. The van der Waals surface area contributed by atoms with Gasteiger partial charge in [0.2, 0.25) is 0 Å². The van der Waals surface area contributed by atoms with E-state index >= 15 is 0 Å². The first-order chi connectivity index (χ1) is 12.6. The van der Waals surface area contributed by atoms with Crippen molar-refractivity contribution in [1.82, 2.24) is 4.98 Å². The van der Waals surface area contributed by atoms with Gasteiger partial charge in [0.1, 0.15) is 5.82 Å². The molecule has 0 atom stereocenters. The summed E-state index contributed by atoms with van der Waals surface area (Å²) >= 11 is 0. The fourth-order valence-electron chi connectivity index (χ4n) is 2.73. The number of rotatable bonds is 3. The van der Waals surface area contributed by atoms with Gasteiger partial charge in [0.05, 0.1) is 13.8 Å². The lowest BCUT2D eigenvalue weighted by atomic mass is 10.0. The van der Waals surface area contributed by atoms with Crippen molar-refractivity contribution in [1.29, 1.82) is 0 Å². The molecule has 1 heterocycles. The number of benzene rings is 2. The molecule has 0 aliphatic heterocycles. The third-order valence-corrected chi connectivity index (χ3v) is 6.07. The second-order valence-electron chi connectivity index (χ2n) is 6.93. The van der Waals surface area contributed by atoms with Crippen LogP contribution in [-0.4, -0.2) is 13.1 Å². The van der Waals surface area contributed by atoms with Gasteiger partial charge in [-0.2, -0.15) is 0 Å². The Hall–Kier alpha value is -2.26. The van der Waals surface area contributed by atoms with Crippen molar-refractivity contribution < 1.29 is 8.50 Å². The second kappa shape index (κ2) is 6.33. The molecule has 0 saturated carbocycles. The van der Waals surface area contributed by atoms with Crippen LogP contribution in [0.4, 0.5) is 4.39 Å². The first-order valence-corrected chi connectivity index (χ1v) is 11.4. The smallest absolute Gasteiger partial charge is 0.131 e. The van der Waals surface area contributed by atoms with Crippen molar-refractivity contribution >= 4 is 13.3 Å². The molecule has 0 fully saturated rings. The minimum atomic E-state index is -2.21. The number of aryl methyl sites for hydroxylation is 1. The molecule has 1 aromatic heterocycles. The van der Waals surface area contributed by atoms with Gasteiger partial charge in [-0.05, 0) is 47.4 Å². The molecule has 0 aliphatic rings. The van der Waals surface area contributed by atoms with Crippen molar-refractivity contribution in [3.8, 4) is 22.4 Å². The van der Waals surface area contributed by atoms with Gasteiger partial charge in [-0.25, -0.2) is 4.39 Å². The van der Waals surface area contributed by atoms with Crippen LogP contribution in [0.15, 0.2) is 60.8 Å². The summed E-state index contributed by atoms with van der Waals surface area (Å²) in [5.41, 5.74) is 2.83. The van der Waals surface area contributed by atoms with Gasteiger partial charge in [-0.3, -0.25) is 4.98 Å². The highest BCUT2D eigenvalue weighted by atomic mass is 28.3. The highest BCUT2D eigenvalue weighted by molar-refractivity contribution is 6.89. The van der Waals surface area contributed by atoms with Gasteiger partial charge >= 0.3 is 0 Å². The number of nitrogens with zero attached hydrogens (tertiary/aromatic N) is 1.